The lowest BCUT2D eigenvalue weighted by Crippen LogP contribution is -2.40. The molecule has 3 amide bonds. The van der Waals surface area contributed by atoms with Crippen LogP contribution in [0.3, 0.4) is 0 Å². The van der Waals surface area contributed by atoms with E-state index in [0.717, 1.165) is 11.3 Å². The van der Waals surface area contributed by atoms with E-state index in [2.05, 4.69) is 10.6 Å². The third kappa shape index (κ3) is 4.94. The fraction of sp³-hybridized carbons (Fsp3) is 0.286. The summed E-state index contributed by atoms with van der Waals surface area (Å²) < 4.78 is 0. The molecular formula is C21H23N3O3. The predicted octanol–water partition coefficient (Wildman–Crippen LogP) is 2.36. The van der Waals surface area contributed by atoms with Gasteiger partial charge in [-0.1, -0.05) is 30.3 Å². The number of piperidine rings is 1. The fourth-order valence-corrected chi connectivity index (χ4v) is 3.00. The first-order valence-electron chi connectivity index (χ1n) is 9.01. The second-order valence-corrected chi connectivity index (χ2v) is 6.69. The average molecular weight is 365 g/mol. The summed E-state index contributed by atoms with van der Waals surface area (Å²) in [6, 6.07) is 16.8. The molecule has 140 valence electrons. The van der Waals surface area contributed by atoms with Crippen LogP contribution >= 0.6 is 0 Å². The Labute approximate surface area is 158 Å². The summed E-state index contributed by atoms with van der Waals surface area (Å²) in [5.74, 6) is -0.310. The van der Waals surface area contributed by atoms with Crippen molar-refractivity contribution in [1.82, 2.24) is 5.32 Å². The van der Waals surface area contributed by atoms with Crippen LogP contribution in [0.2, 0.25) is 0 Å². The molecule has 0 aliphatic carbocycles. The number of carbonyl (C=O) groups excluding carboxylic acids is 3. The highest BCUT2D eigenvalue weighted by Gasteiger charge is 2.24. The van der Waals surface area contributed by atoms with Crippen LogP contribution in [0.25, 0.3) is 0 Å². The van der Waals surface area contributed by atoms with Gasteiger partial charge in [0.05, 0.1) is 12.3 Å². The van der Waals surface area contributed by atoms with Gasteiger partial charge in [0, 0.05) is 31.4 Å². The lowest BCUT2D eigenvalue weighted by Gasteiger charge is -2.21. The zero-order valence-corrected chi connectivity index (χ0v) is 15.3. The first-order chi connectivity index (χ1) is 13.0. The quantitative estimate of drug-likeness (QED) is 0.854. The van der Waals surface area contributed by atoms with Gasteiger partial charge in [-0.25, -0.2) is 0 Å². The van der Waals surface area contributed by atoms with Crippen molar-refractivity contribution in [2.45, 2.75) is 19.3 Å². The van der Waals surface area contributed by atoms with Crippen molar-refractivity contribution in [1.29, 1.82) is 0 Å². The molecule has 2 aromatic rings. The van der Waals surface area contributed by atoms with Crippen molar-refractivity contribution in [3.05, 3.63) is 60.2 Å². The molecule has 1 aliphatic rings. The molecule has 27 heavy (non-hydrogen) atoms. The molecule has 2 aromatic carbocycles. The predicted molar refractivity (Wildman–Crippen MR) is 104 cm³/mol. The Bertz CT molecular complexity index is 808. The Morgan fingerprint density at radius 1 is 1.11 bits per heavy atom. The standard InChI is InChI=1S/C21H23N3O3/c1-24(18-5-3-2-4-6-18)20(26)13-15-7-10-17(11-8-15)23-21(27)16-9-12-19(25)22-14-16/h2-8,10-11,16H,9,12-14H2,1H3,(H,22,25)(H,23,27)/t16-/m0/s1. The molecule has 1 saturated heterocycles. The van der Waals surface area contributed by atoms with E-state index in [0.29, 0.717) is 25.1 Å². The topological polar surface area (TPSA) is 78.5 Å². The van der Waals surface area contributed by atoms with Crippen molar-refractivity contribution in [3.63, 3.8) is 0 Å². The fourth-order valence-electron chi connectivity index (χ4n) is 3.00. The van der Waals surface area contributed by atoms with Crippen LogP contribution in [0.5, 0.6) is 0 Å². The van der Waals surface area contributed by atoms with Crippen LogP contribution in [-0.2, 0) is 20.8 Å². The highest BCUT2D eigenvalue weighted by Crippen LogP contribution is 2.17. The lowest BCUT2D eigenvalue weighted by molar-refractivity contribution is -0.126. The van der Waals surface area contributed by atoms with Gasteiger partial charge in [0.25, 0.3) is 0 Å². The van der Waals surface area contributed by atoms with Crippen LogP contribution in [0.15, 0.2) is 54.6 Å². The van der Waals surface area contributed by atoms with Gasteiger partial charge in [0.1, 0.15) is 0 Å². The normalized spacial score (nSPS) is 16.3. The molecule has 1 atom stereocenters. The number of benzene rings is 2. The number of nitrogens with zero attached hydrogens (tertiary/aromatic N) is 1. The molecule has 0 aromatic heterocycles. The molecule has 0 bridgehead atoms. The largest absolute Gasteiger partial charge is 0.355 e. The summed E-state index contributed by atoms with van der Waals surface area (Å²) in [4.78, 5) is 37.5. The van der Waals surface area contributed by atoms with Gasteiger partial charge >= 0.3 is 0 Å². The Kier molecular flexibility index (Phi) is 5.86. The molecule has 3 rings (SSSR count). The Morgan fingerprint density at radius 2 is 1.81 bits per heavy atom. The summed E-state index contributed by atoms with van der Waals surface area (Å²) in [6.45, 7) is 0.378. The average Bonchev–Trinajstić information content (AvgIpc) is 2.70. The van der Waals surface area contributed by atoms with Crippen molar-refractivity contribution < 1.29 is 14.4 Å². The number of rotatable bonds is 5. The minimum absolute atomic E-state index is 0.00377. The zero-order valence-electron chi connectivity index (χ0n) is 15.3. The van der Waals surface area contributed by atoms with Gasteiger partial charge < -0.3 is 15.5 Å². The van der Waals surface area contributed by atoms with E-state index in [1.54, 1.807) is 24.1 Å². The lowest BCUT2D eigenvalue weighted by atomic mass is 9.98. The molecule has 1 heterocycles. The highest BCUT2D eigenvalue weighted by molar-refractivity contribution is 5.95. The van der Waals surface area contributed by atoms with Gasteiger partial charge in [0.15, 0.2) is 0 Å². The first-order valence-corrected chi connectivity index (χ1v) is 9.01. The minimum Gasteiger partial charge on any atom is -0.355 e. The van der Waals surface area contributed by atoms with Crippen molar-refractivity contribution >= 4 is 29.1 Å². The molecule has 0 radical (unpaired) electrons. The summed E-state index contributed by atoms with van der Waals surface area (Å²) >= 11 is 0. The second-order valence-electron chi connectivity index (χ2n) is 6.69. The van der Waals surface area contributed by atoms with Crippen LogP contribution < -0.4 is 15.5 Å². The van der Waals surface area contributed by atoms with E-state index < -0.39 is 0 Å². The summed E-state index contributed by atoms with van der Waals surface area (Å²) in [5, 5.41) is 5.58. The van der Waals surface area contributed by atoms with Crippen LogP contribution in [0, 0.1) is 5.92 Å². The van der Waals surface area contributed by atoms with Crippen molar-refractivity contribution in [3.8, 4) is 0 Å². The van der Waals surface area contributed by atoms with Crippen molar-refractivity contribution in [2.24, 2.45) is 5.92 Å². The van der Waals surface area contributed by atoms with Crippen LogP contribution in [0.4, 0.5) is 11.4 Å². The maximum atomic E-state index is 12.4. The molecule has 6 heteroatoms. The molecule has 0 unspecified atom stereocenters. The molecule has 0 saturated carbocycles. The van der Waals surface area contributed by atoms with E-state index >= 15 is 0 Å². The SMILES string of the molecule is CN(C(=O)Cc1ccc(NC(=O)[C@H]2CCC(=O)NC2)cc1)c1ccccc1. The molecule has 2 N–H and O–H groups in total. The number of para-hydroxylation sites is 1. The maximum absolute atomic E-state index is 12.4. The van der Waals surface area contributed by atoms with Crippen LogP contribution in [-0.4, -0.2) is 31.3 Å². The number of anilines is 2. The Morgan fingerprint density at radius 3 is 2.44 bits per heavy atom. The van der Waals surface area contributed by atoms with Gasteiger partial charge in [-0.2, -0.15) is 0 Å². The van der Waals surface area contributed by atoms with Gasteiger partial charge in [-0.05, 0) is 36.2 Å². The molecule has 1 fully saturated rings. The number of nitrogens with one attached hydrogen (secondary N) is 2. The second kappa shape index (κ2) is 8.49. The summed E-state index contributed by atoms with van der Waals surface area (Å²) in [5.41, 5.74) is 2.42. The van der Waals surface area contributed by atoms with E-state index in [-0.39, 0.29) is 30.1 Å². The monoisotopic (exact) mass is 365 g/mol. The van der Waals surface area contributed by atoms with Crippen molar-refractivity contribution in [2.75, 3.05) is 23.8 Å². The van der Waals surface area contributed by atoms with E-state index in [4.69, 9.17) is 0 Å². The minimum atomic E-state index is -0.205. The summed E-state index contributed by atoms with van der Waals surface area (Å²) in [7, 11) is 1.76. The molecule has 1 aliphatic heterocycles. The van der Waals surface area contributed by atoms with Gasteiger partial charge in [-0.3, -0.25) is 14.4 Å². The smallest absolute Gasteiger partial charge is 0.231 e. The third-order valence-corrected chi connectivity index (χ3v) is 4.73. The molecule has 6 nitrogen and oxygen atoms in total. The molecule has 0 spiro atoms. The van der Waals surface area contributed by atoms with Crippen LogP contribution in [0.1, 0.15) is 18.4 Å². The number of hydrogen-bond acceptors (Lipinski definition) is 3. The number of amides is 3. The highest BCUT2D eigenvalue weighted by atomic mass is 16.2. The van der Waals surface area contributed by atoms with Gasteiger partial charge in [-0.15, -0.1) is 0 Å². The van der Waals surface area contributed by atoms with E-state index in [9.17, 15) is 14.4 Å². The maximum Gasteiger partial charge on any atom is 0.231 e. The van der Waals surface area contributed by atoms with Gasteiger partial charge in [0.2, 0.25) is 17.7 Å². The molecular weight excluding hydrogens is 342 g/mol. The number of carbonyl (C=O) groups is 3. The Hall–Kier alpha value is -3.15. The van der Waals surface area contributed by atoms with E-state index in [1.165, 1.54) is 0 Å². The zero-order chi connectivity index (χ0) is 19.2. The third-order valence-electron chi connectivity index (χ3n) is 4.73. The Balaban J connectivity index is 1.54. The first kappa shape index (κ1) is 18.6. The van der Waals surface area contributed by atoms with E-state index in [1.807, 2.05) is 42.5 Å². The summed E-state index contributed by atoms with van der Waals surface area (Å²) in [6.07, 6.45) is 1.23. The number of likely N-dealkylation sites (N-methyl/N-ethyl adjacent to an activating group) is 1. The number of hydrogen-bond donors (Lipinski definition) is 2.